The van der Waals surface area contributed by atoms with Crippen LogP contribution in [0.4, 0.5) is 11.8 Å². The molecule has 0 bridgehead atoms. The fourth-order valence-electron chi connectivity index (χ4n) is 1.05. The van der Waals surface area contributed by atoms with Crippen molar-refractivity contribution in [1.29, 1.82) is 0 Å². The Bertz CT molecular complexity index is 352. The maximum absolute atomic E-state index is 5.43. The smallest absolute Gasteiger partial charge is 0.222 e. The molecule has 13 heavy (non-hydrogen) atoms. The molecule has 1 heterocycles. The molecule has 0 spiro atoms. The standard InChI is InChI=1S/C8H11N5/c1-3-4-6-5(2)11-8(9)12-7(6)13-10/h1H,4,10H2,2H3,(H3,9,11,12,13). The van der Waals surface area contributed by atoms with E-state index in [1.807, 2.05) is 6.92 Å². The molecule has 0 saturated heterocycles. The zero-order valence-corrected chi connectivity index (χ0v) is 7.33. The second kappa shape index (κ2) is 3.74. The molecular formula is C8H11N5. The van der Waals surface area contributed by atoms with Crippen molar-refractivity contribution in [3.8, 4) is 12.3 Å². The lowest BCUT2D eigenvalue weighted by Gasteiger charge is -2.08. The summed E-state index contributed by atoms with van der Waals surface area (Å²) in [6.45, 7) is 1.81. The number of nitrogens with zero attached hydrogens (tertiary/aromatic N) is 2. The summed E-state index contributed by atoms with van der Waals surface area (Å²) in [5, 5.41) is 0. The maximum atomic E-state index is 5.43. The molecule has 1 aromatic heterocycles. The highest BCUT2D eigenvalue weighted by molar-refractivity contribution is 5.49. The largest absolute Gasteiger partial charge is 0.368 e. The Morgan fingerprint density at radius 3 is 2.77 bits per heavy atom. The van der Waals surface area contributed by atoms with Crippen LogP contribution in [0.25, 0.3) is 0 Å². The monoisotopic (exact) mass is 177 g/mol. The zero-order valence-electron chi connectivity index (χ0n) is 7.33. The molecule has 1 rings (SSSR count). The van der Waals surface area contributed by atoms with Gasteiger partial charge in [0.1, 0.15) is 5.82 Å². The molecule has 0 fully saturated rings. The van der Waals surface area contributed by atoms with Gasteiger partial charge in [-0.25, -0.2) is 10.8 Å². The number of hydrogen-bond donors (Lipinski definition) is 3. The number of anilines is 2. The molecule has 0 aliphatic heterocycles. The summed E-state index contributed by atoms with van der Waals surface area (Å²) in [5.41, 5.74) is 9.42. The van der Waals surface area contributed by atoms with Gasteiger partial charge in [-0.2, -0.15) is 4.98 Å². The van der Waals surface area contributed by atoms with Gasteiger partial charge < -0.3 is 11.2 Å². The normalized spacial score (nSPS) is 9.31. The summed E-state index contributed by atoms with van der Waals surface area (Å²) in [5.74, 6) is 8.43. The highest BCUT2D eigenvalue weighted by Crippen LogP contribution is 2.16. The molecule has 0 saturated carbocycles. The number of rotatable bonds is 2. The summed E-state index contributed by atoms with van der Waals surface area (Å²) < 4.78 is 0. The number of aromatic nitrogens is 2. The van der Waals surface area contributed by atoms with E-state index in [4.69, 9.17) is 18.0 Å². The summed E-state index contributed by atoms with van der Waals surface area (Å²) >= 11 is 0. The van der Waals surface area contributed by atoms with E-state index < -0.39 is 0 Å². The summed E-state index contributed by atoms with van der Waals surface area (Å²) in [7, 11) is 0. The average molecular weight is 177 g/mol. The van der Waals surface area contributed by atoms with E-state index in [0.717, 1.165) is 11.3 Å². The van der Waals surface area contributed by atoms with Gasteiger partial charge in [-0.05, 0) is 6.92 Å². The number of aryl methyl sites for hydroxylation is 1. The molecule has 0 radical (unpaired) electrons. The molecule has 0 aliphatic rings. The second-order valence-corrected chi connectivity index (χ2v) is 2.52. The van der Waals surface area contributed by atoms with Crippen molar-refractivity contribution >= 4 is 11.8 Å². The van der Waals surface area contributed by atoms with E-state index in [9.17, 15) is 0 Å². The van der Waals surface area contributed by atoms with Crippen LogP contribution >= 0.6 is 0 Å². The van der Waals surface area contributed by atoms with Gasteiger partial charge in [0.05, 0.1) is 0 Å². The lowest BCUT2D eigenvalue weighted by atomic mass is 10.1. The second-order valence-electron chi connectivity index (χ2n) is 2.52. The van der Waals surface area contributed by atoms with Crippen molar-refractivity contribution in [2.45, 2.75) is 13.3 Å². The van der Waals surface area contributed by atoms with Gasteiger partial charge in [-0.3, -0.25) is 0 Å². The number of nitrogens with two attached hydrogens (primary N) is 2. The van der Waals surface area contributed by atoms with Crippen LogP contribution in [-0.4, -0.2) is 9.97 Å². The van der Waals surface area contributed by atoms with Gasteiger partial charge in [0.25, 0.3) is 0 Å². The summed E-state index contributed by atoms with van der Waals surface area (Å²) in [6.07, 6.45) is 5.62. The first-order chi connectivity index (χ1) is 6.19. The zero-order chi connectivity index (χ0) is 9.84. The van der Waals surface area contributed by atoms with Gasteiger partial charge in [0.2, 0.25) is 5.95 Å². The predicted octanol–water partition coefficient (Wildman–Crippen LogP) is -0.171. The molecule has 5 nitrogen and oxygen atoms in total. The minimum Gasteiger partial charge on any atom is -0.368 e. The van der Waals surface area contributed by atoms with Gasteiger partial charge in [0.15, 0.2) is 0 Å². The SMILES string of the molecule is C#CCc1c(C)nc(N)nc1NN. The number of nitrogens with one attached hydrogen (secondary N) is 1. The van der Waals surface area contributed by atoms with Crippen LogP contribution in [0.3, 0.4) is 0 Å². The predicted molar refractivity (Wildman–Crippen MR) is 51.5 cm³/mol. The van der Waals surface area contributed by atoms with E-state index >= 15 is 0 Å². The van der Waals surface area contributed by atoms with Crippen LogP contribution in [0.5, 0.6) is 0 Å². The molecule has 0 amide bonds. The first kappa shape index (κ1) is 9.29. The lowest BCUT2D eigenvalue weighted by Crippen LogP contribution is -2.14. The van der Waals surface area contributed by atoms with Gasteiger partial charge in [-0.15, -0.1) is 12.3 Å². The number of hydrazine groups is 1. The molecule has 0 atom stereocenters. The fraction of sp³-hybridized carbons (Fsp3) is 0.250. The highest BCUT2D eigenvalue weighted by atomic mass is 15.3. The Morgan fingerprint density at radius 1 is 1.54 bits per heavy atom. The van der Waals surface area contributed by atoms with Crippen LogP contribution in [-0.2, 0) is 6.42 Å². The first-order valence-electron chi connectivity index (χ1n) is 3.72. The molecule has 0 aromatic carbocycles. The minimum absolute atomic E-state index is 0.186. The van der Waals surface area contributed by atoms with Crippen LogP contribution in [0.1, 0.15) is 11.3 Å². The summed E-state index contributed by atoms with van der Waals surface area (Å²) in [4.78, 5) is 7.88. The molecule has 0 aliphatic carbocycles. The van der Waals surface area contributed by atoms with Crippen LogP contribution in [0, 0.1) is 19.3 Å². The molecule has 5 N–H and O–H groups in total. The Kier molecular flexibility index (Phi) is 2.67. The third-order valence-electron chi connectivity index (χ3n) is 1.65. The molecule has 0 unspecified atom stereocenters. The molecular weight excluding hydrogens is 166 g/mol. The summed E-state index contributed by atoms with van der Waals surface area (Å²) in [6, 6.07) is 0. The van der Waals surface area contributed by atoms with Crippen molar-refractivity contribution in [2.75, 3.05) is 11.2 Å². The van der Waals surface area contributed by atoms with Gasteiger partial charge in [-0.1, -0.05) is 0 Å². The minimum atomic E-state index is 0.186. The Morgan fingerprint density at radius 2 is 2.23 bits per heavy atom. The highest BCUT2D eigenvalue weighted by Gasteiger charge is 2.07. The van der Waals surface area contributed by atoms with Crippen LogP contribution < -0.4 is 17.0 Å². The number of hydrogen-bond acceptors (Lipinski definition) is 5. The van der Waals surface area contributed by atoms with E-state index in [-0.39, 0.29) is 5.95 Å². The third kappa shape index (κ3) is 1.86. The van der Waals surface area contributed by atoms with E-state index in [1.54, 1.807) is 0 Å². The average Bonchev–Trinajstić information content (AvgIpc) is 2.09. The van der Waals surface area contributed by atoms with Crippen LogP contribution in [0.2, 0.25) is 0 Å². The van der Waals surface area contributed by atoms with Crippen molar-refractivity contribution < 1.29 is 0 Å². The van der Waals surface area contributed by atoms with Gasteiger partial charge in [0, 0.05) is 17.7 Å². The fourth-order valence-corrected chi connectivity index (χ4v) is 1.05. The first-order valence-corrected chi connectivity index (χ1v) is 3.72. The molecule has 68 valence electrons. The van der Waals surface area contributed by atoms with E-state index in [0.29, 0.717) is 12.2 Å². The third-order valence-corrected chi connectivity index (χ3v) is 1.65. The number of terminal acetylenes is 1. The lowest BCUT2D eigenvalue weighted by molar-refractivity contribution is 1.04. The molecule has 1 aromatic rings. The quantitative estimate of drug-likeness (QED) is 0.331. The van der Waals surface area contributed by atoms with Crippen molar-refractivity contribution in [2.24, 2.45) is 5.84 Å². The van der Waals surface area contributed by atoms with Crippen molar-refractivity contribution in [3.05, 3.63) is 11.3 Å². The molecule has 5 heteroatoms. The van der Waals surface area contributed by atoms with E-state index in [1.165, 1.54) is 0 Å². The van der Waals surface area contributed by atoms with Crippen molar-refractivity contribution in [3.63, 3.8) is 0 Å². The van der Waals surface area contributed by atoms with Crippen LogP contribution in [0.15, 0.2) is 0 Å². The van der Waals surface area contributed by atoms with E-state index in [2.05, 4.69) is 21.3 Å². The number of nitrogen functional groups attached to an aromatic ring is 2. The Balaban J connectivity index is 3.23. The maximum Gasteiger partial charge on any atom is 0.222 e. The van der Waals surface area contributed by atoms with Crippen molar-refractivity contribution in [1.82, 2.24) is 9.97 Å². The Hall–Kier alpha value is -1.80. The van der Waals surface area contributed by atoms with Gasteiger partial charge >= 0.3 is 0 Å². The topological polar surface area (TPSA) is 89.8 Å². The Labute approximate surface area is 76.5 Å².